The van der Waals surface area contributed by atoms with Gasteiger partial charge in [0.15, 0.2) is 0 Å². The van der Waals surface area contributed by atoms with Gasteiger partial charge in [0.2, 0.25) is 5.03 Å². The van der Waals surface area contributed by atoms with E-state index in [1.54, 1.807) is 0 Å². The molecule has 9 heteroatoms. The average Bonchev–Trinajstić information content (AvgIpc) is 2.94. The van der Waals surface area contributed by atoms with Crippen LogP contribution >= 0.6 is 0 Å². The van der Waals surface area contributed by atoms with Crippen LogP contribution in [0.2, 0.25) is 0 Å². The minimum absolute atomic E-state index is 0.164. The number of nitrogens with zero attached hydrogens (tertiary/aromatic N) is 2. The molecule has 1 aromatic heterocycles. The van der Waals surface area contributed by atoms with Crippen molar-refractivity contribution >= 4 is 16.0 Å². The first-order valence-corrected chi connectivity index (χ1v) is 7.13. The minimum atomic E-state index is -3.91. The maximum atomic E-state index is 12.4. The number of carboxylic acids is 1. The Labute approximate surface area is 110 Å². The standard InChI is InChI=1S/C10H15N3O5S/c1-6-8(10(14)15)9(12-11-6)19(16,17)13-4-3-7(5-13)18-2/h7H,3-5H2,1-2H3,(H,11,12)(H,14,15). The zero-order valence-corrected chi connectivity index (χ0v) is 11.4. The molecule has 1 unspecified atom stereocenters. The van der Waals surface area contributed by atoms with Crippen molar-refractivity contribution in [1.29, 1.82) is 0 Å². The molecule has 2 N–H and O–H groups in total. The Balaban J connectivity index is 2.38. The second-order valence-electron chi connectivity index (χ2n) is 4.34. The van der Waals surface area contributed by atoms with Crippen molar-refractivity contribution in [1.82, 2.24) is 14.5 Å². The molecule has 1 saturated heterocycles. The van der Waals surface area contributed by atoms with Gasteiger partial charge in [-0.1, -0.05) is 0 Å². The Hall–Kier alpha value is -1.45. The molecular formula is C10H15N3O5S. The quantitative estimate of drug-likeness (QED) is 0.795. The van der Waals surface area contributed by atoms with Crippen LogP contribution in [0, 0.1) is 6.92 Å². The first kappa shape index (κ1) is 14.0. The SMILES string of the molecule is COC1CCN(S(=O)(=O)c2n[nH]c(C)c2C(=O)O)C1. The molecule has 8 nitrogen and oxygen atoms in total. The molecule has 106 valence electrons. The van der Waals surface area contributed by atoms with Crippen LogP contribution in [0.1, 0.15) is 22.5 Å². The summed E-state index contributed by atoms with van der Waals surface area (Å²) in [4.78, 5) is 11.1. The highest BCUT2D eigenvalue weighted by Gasteiger charge is 2.37. The Morgan fingerprint density at radius 3 is 2.79 bits per heavy atom. The molecule has 2 rings (SSSR count). The summed E-state index contributed by atoms with van der Waals surface area (Å²) in [5, 5.41) is 14.7. The van der Waals surface area contributed by atoms with Gasteiger partial charge in [0.05, 0.1) is 6.10 Å². The van der Waals surface area contributed by atoms with Gasteiger partial charge in [-0.15, -0.1) is 0 Å². The molecule has 0 aliphatic carbocycles. The lowest BCUT2D eigenvalue weighted by molar-refractivity contribution is 0.0691. The van der Waals surface area contributed by atoms with Crippen molar-refractivity contribution < 1.29 is 23.1 Å². The fraction of sp³-hybridized carbons (Fsp3) is 0.600. The predicted molar refractivity (Wildman–Crippen MR) is 64.5 cm³/mol. The molecule has 0 spiro atoms. The third-order valence-corrected chi connectivity index (χ3v) is 4.95. The van der Waals surface area contributed by atoms with Gasteiger partial charge in [0, 0.05) is 25.9 Å². The third-order valence-electron chi connectivity index (χ3n) is 3.15. The minimum Gasteiger partial charge on any atom is -0.478 e. The second-order valence-corrected chi connectivity index (χ2v) is 6.20. The predicted octanol–water partition coefficient (Wildman–Crippen LogP) is -0.174. The lowest BCUT2D eigenvalue weighted by Gasteiger charge is -2.14. The molecular weight excluding hydrogens is 274 g/mol. The number of carbonyl (C=O) groups is 1. The van der Waals surface area contributed by atoms with Crippen molar-refractivity contribution in [2.24, 2.45) is 0 Å². The number of sulfonamides is 1. The van der Waals surface area contributed by atoms with Gasteiger partial charge in [-0.2, -0.15) is 9.40 Å². The molecule has 0 aromatic carbocycles. The van der Waals surface area contributed by atoms with E-state index in [1.807, 2.05) is 0 Å². The number of rotatable bonds is 4. The molecule has 1 aliphatic heterocycles. The average molecular weight is 289 g/mol. The normalized spacial score (nSPS) is 20.8. The van der Waals surface area contributed by atoms with E-state index in [0.717, 1.165) is 0 Å². The Morgan fingerprint density at radius 2 is 2.26 bits per heavy atom. The van der Waals surface area contributed by atoms with Gasteiger partial charge in [0.1, 0.15) is 5.56 Å². The van der Waals surface area contributed by atoms with E-state index < -0.39 is 21.0 Å². The molecule has 1 fully saturated rings. The van der Waals surface area contributed by atoms with E-state index in [9.17, 15) is 13.2 Å². The summed E-state index contributed by atoms with van der Waals surface area (Å²) in [6.45, 7) is 1.98. The molecule has 1 aromatic rings. The van der Waals surface area contributed by atoms with E-state index in [4.69, 9.17) is 9.84 Å². The van der Waals surface area contributed by atoms with E-state index >= 15 is 0 Å². The van der Waals surface area contributed by atoms with Crippen LogP contribution in [0.5, 0.6) is 0 Å². The molecule has 0 amide bonds. The fourth-order valence-corrected chi connectivity index (χ4v) is 3.69. The highest BCUT2D eigenvalue weighted by atomic mass is 32.2. The smallest absolute Gasteiger partial charge is 0.340 e. The van der Waals surface area contributed by atoms with E-state index in [0.29, 0.717) is 13.0 Å². The lowest BCUT2D eigenvalue weighted by atomic mass is 10.3. The summed E-state index contributed by atoms with van der Waals surface area (Å²) >= 11 is 0. The molecule has 0 radical (unpaired) electrons. The van der Waals surface area contributed by atoms with Gasteiger partial charge in [-0.3, -0.25) is 5.10 Å². The Morgan fingerprint density at radius 1 is 1.58 bits per heavy atom. The zero-order valence-electron chi connectivity index (χ0n) is 10.6. The number of ether oxygens (including phenoxy) is 1. The van der Waals surface area contributed by atoms with Crippen LogP contribution in [-0.4, -0.2) is 60.3 Å². The number of aryl methyl sites for hydroxylation is 1. The van der Waals surface area contributed by atoms with Crippen molar-refractivity contribution in [3.63, 3.8) is 0 Å². The van der Waals surface area contributed by atoms with E-state index in [1.165, 1.54) is 18.3 Å². The summed E-state index contributed by atoms with van der Waals surface area (Å²) in [5.74, 6) is -1.31. The van der Waals surface area contributed by atoms with Gasteiger partial charge in [0.25, 0.3) is 10.0 Å². The maximum Gasteiger partial charge on any atom is 0.340 e. The largest absolute Gasteiger partial charge is 0.478 e. The van der Waals surface area contributed by atoms with Crippen molar-refractivity contribution in [3.8, 4) is 0 Å². The fourth-order valence-electron chi connectivity index (χ4n) is 2.08. The van der Waals surface area contributed by atoms with Crippen LogP contribution in [0.4, 0.5) is 0 Å². The van der Waals surface area contributed by atoms with Crippen LogP contribution in [0.25, 0.3) is 0 Å². The molecule has 1 aliphatic rings. The van der Waals surface area contributed by atoms with Crippen molar-refractivity contribution in [2.75, 3.05) is 20.2 Å². The summed E-state index contributed by atoms with van der Waals surface area (Å²) in [5.41, 5.74) is -0.0885. The van der Waals surface area contributed by atoms with Crippen LogP contribution in [-0.2, 0) is 14.8 Å². The number of aromatic nitrogens is 2. The molecule has 0 bridgehead atoms. The number of hydrogen-bond acceptors (Lipinski definition) is 5. The maximum absolute atomic E-state index is 12.4. The summed E-state index contributed by atoms with van der Waals surface area (Å²) in [6.07, 6.45) is 0.421. The number of hydrogen-bond donors (Lipinski definition) is 2. The van der Waals surface area contributed by atoms with Gasteiger partial charge in [-0.05, 0) is 13.3 Å². The number of aromatic amines is 1. The van der Waals surface area contributed by atoms with Gasteiger partial charge >= 0.3 is 5.97 Å². The Bertz CT molecular complexity index is 594. The van der Waals surface area contributed by atoms with Crippen LogP contribution in [0.15, 0.2) is 5.03 Å². The number of nitrogens with one attached hydrogen (secondary N) is 1. The van der Waals surface area contributed by atoms with Crippen molar-refractivity contribution in [3.05, 3.63) is 11.3 Å². The number of H-pyrrole nitrogens is 1. The van der Waals surface area contributed by atoms with Gasteiger partial charge in [-0.25, -0.2) is 13.2 Å². The summed E-state index contributed by atoms with van der Waals surface area (Å²) < 4.78 is 31.0. The number of methoxy groups -OCH3 is 1. The van der Waals surface area contributed by atoms with E-state index in [2.05, 4.69) is 10.2 Å². The topological polar surface area (TPSA) is 113 Å². The van der Waals surface area contributed by atoms with Crippen LogP contribution < -0.4 is 0 Å². The first-order chi connectivity index (χ1) is 8.87. The highest BCUT2D eigenvalue weighted by Crippen LogP contribution is 2.24. The first-order valence-electron chi connectivity index (χ1n) is 5.69. The molecule has 0 saturated carbocycles. The molecule has 19 heavy (non-hydrogen) atoms. The summed E-state index contributed by atoms with van der Waals surface area (Å²) in [7, 11) is -2.39. The zero-order chi connectivity index (χ0) is 14.2. The molecule has 1 atom stereocenters. The third kappa shape index (κ3) is 2.36. The second kappa shape index (κ2) is 4.91. The molecule has 2 heterocycles. The summed E-state index contributed by atoms with van der Waals surface area (Å²) in [6, 6.07) is 0. The van der Waals surface area contributed by atoms with E-state index in [-0.39, 0.29) is 23.9 Å². The number of carboxylic acid groups (broad SMARTS) is 1. The monoisotopic (exact) mass is 289 g/mol. The van der Waals surface area contributed by atoms with Crippen LogP contribution in [0.3, 0.4) is 0 Å². The Kier molecular flexibility index (Phi) is 3.61. The highest BCUT2D eigenvalue weighted by molar-refractivity contribution is 7.89. The lowest BCUT2D eigenvalue weighted by Crippen LogP contribution is -2.31. The van der Waals surface area contributed by atoms with Gasteiger partial charge < -0.3 is 9.84 Å². The number of aromatic carboxylic acids is 1. The van der Waals surface area contributed by atoms with Crippen molar-refractivity contribution in [2.45, 2.75) is 24.5 Å².